The molecule has 6 nitrogen and oxygen atoms in total. The van der Waals surface area contributed by atoms with Crippen LogP contribution < -0.4 is 10.6 Å². The van der Waals surface area contributed by atoms with Gasteiger partial charge >= 0.3 is 0 Å². The molecule has 2 heterocycles. The fourth-order valence-electron chi connectivity index (χ4n) is 3.71. The number of aliphatic imine (C=N–C) groups is 1. The van der Waals surface area contributed by atoms with Crippen molar-refractivity contribution in [3.8, 4) is 0 Å². The molecule has 2 aromatic heterocycles. The average molecular weight is 536 g/mol. The van der Waals surface area contributed by atoms with E-state index in [4.69, 9.17) is 4.99 Å². The van der Waals surface area contributed by atoms with E-state index in [2.05, 4.69) is 68.7 Å². The lowest BCUT2D eigenvalue weighted by atomic mass is 9.64. The Labute approximate surface area is 199 Å². The lowest BCUT2D eigenvalue weighted by Crippen LogP contribution is -2.48. The van der Waals surface area contributed by atoms with Gasteiger partial charge in [0.2, 0.25) is 0 Å². The van der Waals surface area contributed by atoms with Crippen molar-refractivity contribution in [2.24, 2.45) is 12.0 Å². The first-order valence-electron chi connectivity index (χ1n) is 10.1. The third-order valence-electron chi connectivity index (χ3n) is 5.86. The van der Waals surface area contributed by atoms with Crippen molar-refractivity contribution < 1.29 is 0 Å². The van der Waals surface area contributed by atoms with Crippen molar-refractivity contribution >= 4 is 41.3 Å². The fraction of sp³-hybridized carbons (Fsp3) is 0.409. The quantitative estimate of drug-likeness (QED) is 0.271. The maximum atomic E-state index is 4.80. The van der Waals surface area contributed by atoms with E-state index in [9.17, 15) is 0 Å². The second-order valence-corrected chi connectivity index (χ2v) is 8.71. The first kappa shape index (κ1) is 22.7. The summed E-state index contributed by atoms with van der Waals surface area (Å²) in [5.41, 5.74) is 1.62. The van der Waals surface area contributed by atoms with E-state index in [0.29, 0.717) is 6.54 Å². The average Bonchev–Trinajstić information content (AvgIpc) is 3.34. The minimum atomic E-state index is 0. The van der Waals surface area contributed by atoms with Crippen LogP contribution in [0.15, 0.2) is 52.8 Å². The molecule has 0 bridgehead atoms. The Balaban J connectivity index is 0.00000256. The zero-order valence-corrected chi connectivity index (χ0v) is 20.6. The number of hydrogen-bond donors (Lipinski definition) is 2. The number of nitrogens with zero attached hydrogens (tertiary/aromatic N) is 4. The van der Waals surface area contributed by atoms with Gasteiger partial charge in [-0.15, -0.1) is 45.5 Å². The summed E-state index contributed by atoms with van der Waals surface area (Å²) < 4.78 is 1.98. The van der Waals surface area contributed by atoms with Gasteiger partial charge in [-0.2, -0.15) is 0 Å². The van der Waals surface area contributed by atoms with Gasteiger partial charge in [0.15, 0.2) is 11.8 Å². The molecule has 0 spiro atoms. The molecular weight excluding hydrogens is 507 g/mol. The zero-order chi connectivity index (χ0) is 20.1. The summed E-state index contributed by atoms with van der Waals surface area (Å²) in [4.78, 5) is 6.09. The molecule has 8 heteroatoms. The minimum Gasteiger partial charge on any atom is -0.355 e. The van der Waals surface area contributed by atoms with Crippen molar-refractivity contribution in [1.29, 1.82) is 0 Å². The SMILES string of the molecule is Cc1nnc(CN=C(NCc2cccs2)NCC2(c3ccccc3)CCC2)n1C.I. The van der Waals surface area contributed by atoms with Gasteiger partial charge in [-0.1, -0.05) is 42.8 Å². The molecule has 0 amide bonds. The molecule has 0 atom stereocenters. The topological polar surface area (TPSA) is 67.1 Å². The van der Waals surface area contributed by atoms with Crippen molar-refractivity contribution in [1.82, 2.24) is 25.4 Å². The Kier molecular flexibility index (Phi) is 7.87. The molecule has 0 saturated heterocycles. The standard InChI is InChI=1S/C22H28N6S.HI/c1-17-26-27-20(28(17)2)15-24-21(23-14-19-10-6-13-29-19)25-16-22(11-7-12-22)18-8-4-3-5-9-18;/h3-6,8-10,13H,7,11-12,14-16H2,1-2H3,(H2,23,24,25);1H. The van der Waals surface area contributed by atoms with Crippen LogP contribution in [0.25, 0.3) is 0 Å². The summed E-state index contributed by atoms with van der Waals surface area (Å²) in [6.07, 6.45) is 3.71. The second kappa shape index (κ2) is 10.4. The normalized spacial score (nSPS) is 15.2. The number of hydrogen-bond acceptors (Lipinski definition) is 4. The van der Waals surface area contributed by atoms with Gasteiger partial charge in [0.1, 0.15) is 12.4 Å². The highest BCUT2D eigenvalue weighted by Gasteiger charge is 2.38. The van der Waals surface area contributed by atoms with Crippen LogP contribution in [0.5, 0.6) is 0 Å². The van der Waals surface area contributed by atoms with Crippen LogP contribution in [0.1, 0.15) is 41.4 Å². The Morgan fingerprint density at radius 3 is 2.53 bits per heavy atom. The molecule has 2 N–H and O–H groups in total. The molecule has 1 aromatic carbocycles. The summed E-state index contributed by atoms with van der Waals surface area (Å²) in [5.74, 6) is 2.58. The third-order valence-corrected chi connectivity index (χ3v) is 6.74. The maximum Gasteiger partial charge on any atom is 0.192 e. The molecule has 1 aliphatic carbocycles. The molecule has 160 valence electrons. The first-order chi connectivity index (χ1) is 14.2. The van der Waals surface area contributed by atoms with Crippen LogP contribution in [-0.4, -0.2) is 27.3 Å². The van der Waals surface area contributed by atoms with Gasteiger partial charge in [-0.05, 0) is 36.8 Å². The predicted octanol–water partition coefficient (Wildman–Crippen LogP) is 4.16. The number of thiophene rings is 1. The fourth-order valence-corrected chi connectivity index (χ4v) is 4.36. The van der Waals surface area contributed by atoms with Gasteiger partial charge in [-0.3, -0.25) is 0 Å². The largest absolute Gasteiger partial charge is 0.355 e. The molecule has 1 fully saturated rings. The van der Waals surface area contributed by atoms with Crippen molar-refractivity contribution in [2.75, 3.05) is 6.54 Å². The molecule has 0 unspecified atom stereocenters. The van der Waals surface area contributed by atoms with E-state index >= 15 is 0 Å². The monoisotopic (exact) mass is 536 g/mol. The molecule has 3 aromatic rings. The van der Waals surface area contributed by atoms with Crippen LogP contribution in [0.3, 0.4) is 0 Å². The van der Waals surface area contributed by atoms with Gasteiger partial charge < -0.3 is 15.2 Å². The summed E-state index contributed by atoms with van der Waals surface area (Å²) in [7, 11) is 1.98. The number of guanidine groups is 1. The van der Waals surface area contributed by atoms with E-state index in [-0.39, 0.29) is 29.4 Å². The van der Waals surface area contributed by atoms with Crippen molar-refractivity contribution in [3.05, 3.63) is 69.9 Å². The summed E-state index contributed by atoms with van der Waals surface area (Å²) in [6, 6.07) is 15.1. The van der Waals surface area contributed by atoms with Crippen LogP contribution in [-0.2, 0) is 25.6 Å². The molecule has 4 rings (SSSR count). The highest BCUT2D eigenvalue weighted by molar-refractivity contribution is 14.0. The number of benzene rings is 1. The van der Waals surface area contributed by atoms with Gasteiger partial charge in [0.25, 0.3) is 0 Å². The number of halogens is 1. The van der Waals surface area contributed by atoms with Crippen LogP contribution in [0.4, 0.5) is 0 Å². The highest BCUT2D eigenvalue weighted by Crippen LogP contribution is 2.43. The Morgan fingerprint density at radius 2 is 1.93 bits per heavy atom. The Hall–Kier alpha value is -1.94. The summed E-state index contributed by atoms with van der Waals surface area (Å²) in [5, 5.41) is 17.6. The number of rotatable bonds is 7. The summed E-state index contributed by atoms with van der Waals surface area (Å²) >= 11 is 1.75. The first-order valence-corrected chi connectivity index (χ1v) is 11.0. The number of aromatic nitrogens is 3. The second-order valence-electron chi connectivity index (χ2n) is 7.67. The van der Waals surface area contributed by atoms with Crippen LogP contribution in [0.2, 0.25) is 0 Å². The van der Waals surface area contributed by atoms with E-state index in [1.807, 2.05) is 18.5 Å². The smallest absolute Gasteiger partial charge is 0.192 e. The maximum absolute atomic E-state index is 4.80. The van der Waals surface area contributed by atoms with Gasteiger partial charge in [0, 0.05) is 23.9 Å². The van der Waals surface area contributed by atoms with E-state index < -0.39 is 0 Å². The molecule has 0 aliphatic heterocycles. The zero-order valence-electron chi connectivity index (χ0n) is 17.5. The van der Waals surface area contributed by atoms with E-state index in [0.717, 1.165) is 30.7 Å². The Morgan fingerprint density at radius 1 is 1.13 bits per heavy atom. The molecule has 30 heavy (non-hydrogen) atoms. The number of nitrogens with one attached hydrogen (secondary N) is 2. The summed E-state index contributed by atoms with van der Waals surface area (Å²) in [6.45, 7) is 4.09. The van der Waals surface area contributed by atoms with Gasteiger partial charge in [0.05, 0.1) is 6.54 Å². The van der Waals surface area contributed by atoms with Crippen LogP contribution >= 0.6 is 35.3 Å². The molecule has 1 saturated carbocycles. The molecular formula is C22H29IN6S. The minimum absolute atomic E-state index is 0. The lowest BCUT2D eigenvalue weighted by Gasteiger charge is -2.43. The molecule has 1 aliphatic rings. The van der Waals surface area contributed by atoms with Crippen LogP contribution in [0, 0.1) is 6.92 Å². The van der Waals surface area contributed by atoms with E-state index in [1.54, 1.807) is 11.3 Å². The Bertz CT molecular complexity index is 947. The predicted molar refractivity (Wildman–Crippen MR) is 133 cm³/mol. The number of aryl methyl sites for hydroxylation is 1. The lowest BCUT2D eigenvalue weighted by molar-refractivity contribution is 0.244. The molecule has 0 radical (unpaired) electrons. The van der Waals surface area contributed by atoms with Gasteiger partial charge in [-0.25, -0.2) is 4.99 Å². The van der Waals surface area contributed by atoms with Crippen molar-refractivity contribution in [3.63, 3.8) is 0 Å². The third kappa shape index (κ3) is 5.21. The van der Waals surface area contributed by atoms with Crippen molar-refractivity contribution in [2.45, 2.75) is 44.7 Å². The highest BCUT2D eigenvalue weighted by atomic mass is 127. The van der Waals surface area contributed by atoms with E-state index in [1.165, 1.54) is 29.7 Å².